The Labute approximate surface area is 76.3 Å². The van der Waals surface area contributed by atoms with Crippen LogP contribution in [0.2, 0.25) is 0 Å². The normalized spacial score (nSPS) is 10.8. The van der Waals surface area contributed by atoms with E-state index in [4.69, 9.17) is 4.74 Å². The molecule has 0 rings (SSSR count). The van der Waals surface area contributed by atoms with Crippen molar-refractivity contribution in [3.63, 3.8) is 0 Å². The van der Waals surface area contributed by atoms with Crippen LogP contribution in [0.1, 0.15) is 0 Å². The van der Waals surface area contributed by atoms with E-state index in [2.05, 4.69) is 9.47 Å². The SMILES string of the molecule is COC/C(=C/C(=O)OC)C(=O)OC. The van der Waals surface area contributed by atoms with E-state index >= 15 is 0 Å². The molecular weight excluding hydrogens is 176 g/mol. The van der Waals surface area contributed by atoms with Gasteiger partial charge in [-0.1, -0.05) is 0 Å². The maximum atomic E-state index is 11.0. The summed E-state index contributed by atoms with van der Waals surface area (Å²) in [5.41, 5.74) is 0.122. The van der Waals surface area contributed by atoms with Crippen molar-refractivity contribution < 1.29 is 23.8 Å². The second-order valence-corrected chi connectivity index (χ2v) is 2.12. The molecule has 0 aliphatic carbocycles. The summed E-state index contributed by atoms with van der Waals surface area (Å²) in [7, 11) is 3.86. The monoisotopic (exact) mass is 188 g/mol. The van der Waals surface area contributed by atoms with Gasteiger partial charge in [0.2, 0.25) is 0 Å². The molecule has 0 radical (unpaired) electrons. The van der Waals surface area contributed by atoms with E-state index < -0.39 is 11.9 Å². The van der Waals surface area contributed by atoms with Gasteiger partial charge in [-0.05, 0) is 0 Å². The zero-order chi connectivity index (χ0) is 10.3. The van der Waals surface area contributed by atoms with Crippen LogP contribution in [0.3, 0.4) is 0 Å². The third-order valence-electron chi connectivity index (χ3n) is 1.24. The minimum absolute atomic E-state index is 0.0156. The fourth-order valence-corrected chi connectivity index (χ4v) is 0.647. The van der Waals surface area contributed by atoms with Crippen LogP contribution in [0.15, 0.2) is 11.6 Å². The summed E-state index contributed by atoms with van der Waals surface area (Å²) in [5.74, 6) is -1.22. The predicted molar refractivity (Wildman–Crippen MR) is 44.0 cm³/mol. The second-order valence-electron chi connectivity index (χ2n) is 2.12. The van der Waals surface area contributed by atoms with E-state index in [-0.39, 0.29) is 12.2 Å². The Morgan fingerprint density at radius 2 is 1.77 bits per heavy atom. The van der Waals surface area contributed by atoms with Crippen molar-refractivity contribution >= 4 is 11.9 Å². The number of hydrogen-bond donors (Lipinski definition) is 0. The van der Waals surface area contributed by atoms with Crippen LogP contribution in [0.4, 0.5) is 0 Å². The number of esters is 2. The summed E-state index contributed by atoms with van der Waals surface area (Å²) in [6.45, 7) is 0.0156. The lowest BCUT2D eigenvalue weighted by molar-refractivity contribution is -0.139. The van der Waals surface area contributed by atoms with Crippen LogP contribution in [0.5, 0.6) is 0 Å². The Kier molecular flexibility index (Phi) is 5.54. The first-order chi connectivity index (χ1) is 6.15. The number of methoxy groups -OCH3 is 3. The third-order valence-corrected chi connectivity index (χ3v) is 1.24. The van der Waals surface area contributed by atoms with Crippen LogP contribution in [0.25, 0.3) is 0 Å². The molecule has 0 amide bonds. The van der Waals surface area contributed by atoms with Crippen molar-refractivity contribution in [3.8, 4) is 0 Å². The molecule has 0 atom stereocenters. The van der Waals surface area contributed by atoms with Gasteiger partial charge in [0.25, 0.3) is 0 Å². The van der Waals surface area contributed by atoms with Gasteiger partial charge in [0, 0.05) is 13.2 Å². The smallest absolute Gasteiger partial charge is 0.336 e. The Balaban J connectivity index is 4.48. The predicted octanol–water partition coefficient (Wildman–Crippen LogP) is -0.0948. The minimum atomic E-state index is -0.613. The molecule has 0 fully saturated rings. The number of carbonyl (C=O) groups excluding carboxylic acids is 2. The molecule has 0 aliphatic rings. The molecule has 5 heteroatoms. The molecule has 74 valence electrons. The molecule has 5 nitrogen and oxygen atoms in total. The fraction of sp³-hybridized carbons (Fsp3) is 0.500. The van der Waals surface area contributed by atoms with Gasteiger partial charge in [0.05, 0.1) is 26.4 Å². The summed E-state index contributed by atoms with van der Waals surface area (Å²) in [6, 6.07) is 0. The highest BCUT2D eigenvalue weighted by Crippen LogP contribution is 1.98. The number of hydrogen-bond acceptors (Lipinski definition) is 5. The van der Waals surface area contributed by atoms with E-state index in [1.54, 1.807) is 0 Å². The van der Waals surface area contributed by atoms with Crippen molar-refractivity contribution in [1.82, 2.24) is 0 Å². The van der Waals surface area contributed by atoms with Crippen molar-refractivity contribution in [2.45, 2.75) is 0 Å². The van der Waals surface area contributed by atoms with Crippen LogP contribution in [0, 0.1) is 0 Å². The largest absolute Gasteiger partial charge is 0.466 e. The van der Waals surface area contributed by atoms with Gasteiger partial charge >= 0.3 is 11.9 Å². The summed E-state index contributed by atoms with van der Waals surface area (Å²) < 4.78 is 13.5. The molecule has 0 heterocycles. The third kappa shape index (κ3) is 4.27. The van der Waals surface area contributed by atoms with Gasteiger partial charge in [-0.3, -0.25) is 0 Å². The first-order valence-electron chi connectivity index (χ1n) is 3.51. The quantitative estimate of drug-likeness (QED) is 0.455. The van der Waals surface area contributed by atoms with Crippen LogP contribution < -0.4 is 0 Å². The molecule has 0 saturated carbocycles. The fourth-order valence-electron chi connectivity index (χ4n) is 0.647. The van der Waals surface area contributed by atoms with Gasteiger partial charge in [-0.2, -0.15) is 0 Å². The Morgan fingerprint density at radius 3 is 2.15 bits per heavy atom. The summed E-state index contributed by atoms with van der Waals surface area (Å²) in [5, 5.41) is 0. The average Bonchev–Trinajstić information content (AvgIpc) is 2.15. The number of carbonyl (C=O) groups is 2. The first kappa shape index (κ1) is 11.6. The molecule has 0 aliphatic heterocycles. The Morgan fingerprint density at radius 1 is 1.15 bits per heavy atom. The van der Waals surface area contributed by atoms with E-state index in [9.17, 15) is 9.59 Å². The zero-order valence-corrected chi connectivity index (χ0v) is 7.83. The number of ether oxygens (including phenoxy) is 3. The second kappa shape index (κ2) is 6.19. The van der Waals surface area contributed by atoms with Crippen LogP contribution in [-0.2, 0) is 23.8 Å². The maximum Gasteiger partial charge on any atom is 0.336 e. The lowest BCUT2D eigenvalue weighted by atomic mass is 10.2. The minimum Gasteiger partial charge on any atom is -0.466 e. The summed E-state index contributed by atoms with van der Waals surface area (Å²) >= 11 is 0. The highest BCUT2D eigenvalue weighted by Gasteiger charge is 2.11. The first-order valence-corrected chi connectivity index (χ1v) is 3.51. The van der Waals surface area contributed by atoms with E-state index in [1.807, 2.05) is 0 Å². The molecule has 0 spiro atoms. The highest BCUT2D eigenvalue weighted by atomic mass is 16.5. The highest BCUT2D eigenvalue weighted by molar-refractivity contribution is 5.96. The molecule has 0 aromatic rings. The van der Waals surface area contributed by atoms with Crippen LogP contribution >= 0.6 is 0 Å². The molecule has 0 saturated heterocycles. The van der Waals surface area contributed by atoms with E-state index in [0.717, 1.165) is 6.08 Å². The van der Waals surface area contributed by atoms with Crippen LogP contribution in [-0.4, -0.2) is 39.9 Å². The van der Waals surface area contributed by atoms with Crippen molar-refractivity contribution in [2.75, 3.05) is 27.9 Å². The molecule has 0 N–H and O–H groups in total. The standard InChI is InChI=1S/C8H12O5/c1-11-5-6(8(10)13-3)4-7(9)12-2/h4H,5H2,1-3H3/b6-4-. The molecular formula is C8H12O5. The topological polar surface area (TPSA) is 61.8 Å². The maximum absolute atomic E-state index is 11.0. The van der Waals surface area contributed by atoms with Gasteiger partial charge in [-0.15, -0.1) is 0 Å². The van der Waals surface area contributed by atoms with E-state index in [1.165, 1.54) is 21.3 Å². The van der Waals surface area contributed by atoms with Crippen molar-refractivity contribution in [1.29, 1.82) is 0 Å². The van der Waals surface area contributed by atoms with E-state index in [0.29, 0.717) is 0 Å². The molecule has 13 heavy (non-hydrogen) atoms. The zero-order valence-electron chi connectivity index (χ0n) is 7.83. The van der Waals surface area contributed by atoms with Gasteiger partial charge in [-0.25, -0.2) is 9.59 Å². The van der Waals surface area contributed by atoms with Crippen molar-refractivity contribution in [3.05, 3.63) is 11.6 Å². The average molecular weight is 188 g/mol. The molecule has 0 bridgehead atoms. The van der Waals surface area contributed by atoms with Crippen molar-refractivity contribution in [2.24, 2.45) is 0 Å². The molecule has 0 aromatic carbocycles. The Hall–Kier alpha value is -1.36. The van der Waals surface area contributed by atoms with Gasteiger partial charge in [0.1, 0.15) is 0 Å². The van der Waals surface area contributed by atoms with Gasteiger partial charge in [0.15, 0.2) is 0 Å². The summed E-state index contributed by atoms with van der Waals surface area (Å²) in [4.78, 5) is 21.7. The Bertz CT molecular complexity index is 219. The summed E-state index contributed by atoms with van der Waals surface area (Å²) in [6.07, 6.45) is 1.04. The lowest BCUT2D eigenvalue weighted by Crippen LogP contribution is -2.12. The number of rotatable bonds is 4. The molecule has 0 aromatic heterocycles. The van der Waals surface area contributed by atoms with Gasteiger partial charge < -0.3 is 14.2 Å². The molecule has 0 unspecified atom stereocenters. The lowest BCUT2D eigenvalue weighted by Gasteiger charge is -2.02.